The molecule has 0 spiro atoms. The maximum Gasteiger partial charge on any atom is 0.416 e. The van der Waals surface area contributed by atoms with Crippen molar-refractivity contribution in [3.63, 3.8) is 0 Å². The number of rotatable bonds is 4. The van der Waals surface area contributed by atoms with Gasteiger partial charge in [-0.25, -0.2) is 4.39 Å². The van der Waals surface area contributed by atoms with Crippen molar-refractivity contribution in [1.29, 1.82) is 0 Å². The topological polar surface area (TPSA) is 35.2 Å². The molecule has 0 aliphatic rings. The van der Waals surface area contributed by atoms with Crippen LogP contribution in [0, 0.1) is 5.82 Å². The summed E-state index contributed by atoms with van der Waals surface area (Å²) in [5, 5.41) is 0. The van der Waals surface area contributed by atoms with Gasteiger partial charge in [0, 0.05) is 17.7 Å². The van der Waals surface area contributed by atoms with Gasteiger partial charge < -0.3 is 10.5 Å². The fourth-order valence-corrected chi connectivity index (χ4v) is 1.80. The summed E-state index contributed by atoms with van der Waals surface area (Å²) in [6.07, 6.45) is -4.39. The van der Waals surface area contributed by atoms with E-state index in [0.717, 1.165) is 12.1 Å². The average Bonchev–Trinajstić information content (AvgIpc) is 2.46. The van der Waals surface area contributed by atoms with Crippen LogP contribution in [0.4, 0.5) is 17.6 Å². The molecule has 6 heteroatoms. The van der Waals surface area contributed by atoms with E-state index >= 15 is 0 Å². The van der Waals surface area contributed by atoms with Gasteiger partial charge >= 0.3 is 6.18 Å². The number of benzene rings is 2. The maximum atomic E-state index is 13.9. The third kappa shape index (κ3) is 3.72. The monoisotopic (exact) mass is 299 g/mol. The predicted octanol–water partition coefficient (Wildman–Crippen LogP) is 3.88. The molecule has 2 nitrogen and oxygen atoms in total. The van der Waals surface area contributed by atoms with Crippen LogP contribution in [0.2, 0.25) is 0 Å². The third-order valence-corrected chi connectivity index (χ3v) is 2.95. The first-order chi connectivity index (χ1) is 9.91. The molecule has 2 N–H and O–H groups in total. The number of ether oxygens (including phenoxy) is 1. The zero-order chi connectivity index (χ0) is 15.5. The van der Waals surface area contributed by atoms with Gasteiger partial charge in [-0.3, -0.25) is 0 Å². The summed E-state index contributed by atoms with van der Waals surface area (Å²) in [6.45, 7) is -0.00894. The predicted molar refractivity (Wildman–Crippen MR) is 70.1 cm³/mol. The van der Waals surface area contributed by atoms with Crippen LogP contribution in [0.3, 0.4) is 0 Å². The molecule has 0 saturated carbocycles. The molecule has 0 amide bonds. The van der Waals surface area contributed by atoms with E-state index in [0.29, 0.717) is 11.1 Å². The minimum atomic E-state index is -4.39. The molecule has 0 heterocycles. The summed E-state index contributed by atoms with van der Waals surface area (Å²) in [5.41, 5.74) is 5.31. The number of hydrogen-bond acceptors (Lipinski definition) is 2. The van der Waals surface area contributed by atoms with Crippen LogP contribution in [-0.2, 0) is 19.3 Å². The highest BCUT2D eigenvalue weighted by Gasteiger charge is 2.30. The number of halogens is 4. The van der Waals surface area contributed by atoms with Crippen molar-refractivity contribution in [2.24, 2.45) is 5.73 Å². The van der Waals surface area contributed by atoms with E-state index < -0.39 is 17.6 Å². The quantitative estimate of drug-likeness (QED) is 0.870. The summed E-state index contributed by atoms with van der Waals surface area (Å²) in [7, 11) is 0. The minimum absolute atomic E-state index is 0.0694. The summed E-state index contributed by atoms with van der Waals surface area (Å²) in [5.74, 6) is -0.215. The largest absolute Gasteiger partial charge is 0.489 e. The molecule has 0 saturated heterocycles. The Balaban J connectivity index is 2.07. The van der Waals surface area contributed by atoms with E-state index in [2.05, 4.69) is 0 Å². The molecule has 0 fully saturated rings. The highest BCUT2D eigenvalue weighted by molar-refractivity contribution is 5.30. The summed E-state index contributed by atoms with van der Waals surface area (Å²) >= 11 is 0. The molecule has 0 atom stereocenters. The lowest BCUT2D eigenvalue weighted by Gasteiger charge is -2.10. The normalized spacial score (nSPS) is 11.5. The van der Waals surface area contributed by atoms with Gasteiger partial charge in [-0.05, 0) is 24.3 Å². The van der Waals surface area contributed by atoms with E-state index in [9.17, 15) is 17.6 Å². The van der Waals surface area contributed by atoms with Crippen molar-refractivity contribution in [3.05, 3.63) is 65.0 Å². The van der Waals surface area contributed by atoms with Gasteiger partial charge in [-0.1, -0.05) is 18.2 Å². The zero-order valence-electron chi connectivity index (χ0n) is 11.0. The van der Waals surface area contributed by atoms with Gasteiger partial charge in [0.1, 0.15) is 18.2 Å². The molecule has 2 rings (SSSR count). The second kappa shape index (κ2) is 6.13. The Kier molecular flexibility index (Phi) is 4.47. The first-order valence-corrected chi connectivity index (χ1v) is 6.18. The Labute approximate surface area is 119 Å². The Morgan fingerprint density at radius 3 is 2.14 bits per heavy atom. The van der Waals surface area contributed by atoms with Crippen LogP contribution in [0.25, 0.3) is 0 Å². The fraction of sp³-hybridized carbons (Fsp3) is 0.200. The molecule has 0 aromatic heterocycles. The molecule has 2 aromatic carbocycles. The minimum Gasteiger partial charge on any atom is -0.489 e. The van der Waals surface area contributed by atoms with Gasteiger partial charge in [0.15, 0.2) is 0 Å². The number of hydrogen-bond donors (Lipinski definition) is 1. The van der Waals surface area contributed by atoms with Crippen molar-refractivity contribution in [3.8, 4) is 5.75 Å². The zero-order valence-corrected chi connectivity index (χ0v) is 11.0. The van der Waals surface area contributed by atoms with E-state index in [1.165, 1.54) is 12.1 Å². The molecule has 112 valence electrons. The summed E-state index contributed by atoms with van der Waals surface area (Å²) in [6, 6.07) is 9.00. The third-order valence-electron chi connectivity index (χ3n) is 2.95. The summed E-state index contributed by atoms with van der Waals surface area (Å²) in [4.78, 5) is 0. The van der Waals surface area contributed by atoms with Gasteiger partial charge in [0.25, 0.3) is 0 Å². The molecular formula is C15H13F4NO. The van der Waals surface area contributed by atoms with E-state index in [1.807, 2.05) is 0 Å². The Morgan fingerprint density at radius 2 is 1.57 bits per heavy atom. The van der Waals surface area contributed by atoms with Gasteiger partial charge in [-0.2, -0.15) is 13.2 Å². The standard InChI is InChI=1S/C15H13F4NO/c16-14-10(8-20)2-1-3-11(14)9-21-13-6-4-12(5-7-13)15(17,18)19/h1-7H,8-9,20H2. The van der Waals surface area contributed by atoms with Crippen LogP contribution >= 0.6 is 0 Å². The molecule has 0 radical (unpaired) electrons. The maximum absolute atomic E-state index is 13.9. The lowest BCUT2D eigenvalue weighted by molar-refractivity contribution is -0.137. The van der Waals surface area contributed by atoms with E-state index in [1.54, 1.807) is 18.2 Å². The highest BCUT2D eigenvalue weighted by Crippen LogP contribution is 2.30. The van der Waals surface area contributed by atoms with Crippen LogP contribution in [0.5, 0.6) is 5.75 Å². The van der Waals surface area contributed by atoms with Crippen molar-refractivity contribution in [2.75, 3.05) is 0 Å². The number of nitrogens with two attached hydrogens (primary N) is 1. The number of alkyl halides is 3. The Hall–Kier alpha value is -2.08. The first kappa shape index (κ1) is 15.3. The SMILES string of the molecule is NCc1cccc(COc2ccc(C(F)(F)F)cc2)c1F. The van der Waals surface area contributed by atoms with Gasteiger partial charge in [-0.15, -0.1) is 0 Å². The molecule has 0 aliphatic heterocycles. The smallest absolute Gasteiger partial charge is 0.416 e. The van der Waals surface area contributed by atoms with Gasteiger partial charge in [0.2, 0.25) is 0 Å². The van der Waals surface area contributed by atoms with Crippen LogP contribution < -0.4 is 10.5 Å². The molecule has 0 bridgehead atoms. The van der Waals surface area contributed by atoms with Crippen molar-refractivity contribution >= 4 is 0 Å². The Morgan fingerprint density at radius 1 is 0.952 bits per heavy atom. The van der Waals surface area contributed by atoms with Crippen molar-refractivity contribution in [1.82, 2.24) is 0 Å². The second-order valence-corrected chi connectivity index (χ2v) is 4.41. The Bertz CT molecular complexity index is 608. The van der Waals surface area contributed by atoms with Crippen LogP contribution in [0.1, 0.15) is 16.7 Å². The van der Waals surface area contributed by atoms with E-state index in [-0.39, 0.29) is 18.9 Å². The van der Waals surface area contributed by atoms with E-state index in [4.69, 9.17) is 10.5 Å². The highest BCUT2D eigenvalue weighted by atomic mass is 19.4. The van der Waals surface area contributed by atoms with Crippen LogP contribution in [-0.4, -0.2) is 0 Å². The molecule has 2 aromatic rings. The summed E-state index contributed by atoms with van der Waals surface area (Å²) < 4.78 is 56.4. The second-order valence-electron chi connectivity index (χ2n) is 4.41. The molecule has 21 heavy (non-hydrogen) atoms. The lowest BCUT2D eigenvalue weighted by atomic mass is 10.1. The molecule has 0 unspecified atom stereocenters. The van der Waals surface area contributed by atoms with Crippen molar-refractivity contribution in [2.45, 2.75) is 19.3 Å². The average molecular weight is 299 g/mol. The van der Waals surface area contributed by atoms with Gasteiger partial charge in [0.05, 0.1) is 5.56 Å². The van der Waals surface area contributed by atoms with Crippen LogP contribution in [0.15, 0.2) is 42.5 Å². The molecule has 0 aliphatic carbocycles. The van der Waals surface area contributed by atoms with Crippen molar-refractivity contribution < 1.29 is 22.3 Å². The first-order valence-electron chi connectivity index (χ1n) is 6.18. The lowest BCUT2D eigenvalue weighted by Crippen LogP contribution is -2.06. The fourth-order valence-electron chi connectivity index (χ4n) is 1.80. The molecular weight excluding hydrogens is 286 g/mol.